The van der Waals surface area contributed by atoms with Gasteiger partial charge in [0.05, 0.1) is 18.4 Å². The quantitative estimate of drug-likeness (QED) is 0.729. The highest BCUT2D eigenvalue weighted by Gasteiger charge is 2.15. The standard InChI is InChI=1S/C10H13NO3S/c1-11(15(3)13)9-7-5-4-6-8(9)10(12)14-2/h4-7H,1-3H3. The van der Waals surface area contributed by atoms with Gasteiger partial charge in [-0.3, -0.25) is 4.31 Å². The van der Waals surface area contributed by atoms with Crippen molar-refractivity contribution in [2.75, 3.05) is 24.7 Å². The predicted octanol–water partition coefficient (Wildman–Crippen LogP) is 1.20. The van der Waals surface area contributed by atoms with Crippen molar-refractivity contribution in [2.24, 2.45) is 0 Å². The summed E-state index contributed by atoms with van der Waals surface area (Å²) < 4.78 is 17.5. The van der Waals surface area contributed by atoms with Crippen LogP contribution >= 0.6 is 0 Å². The molecule has 0 aromatic heterocycles. The molecule has 0 aliphatic carbocycles. The van der Waals surface area contributed by atoms with Crippen LogP contribution in [0.15, 0.2) is 24.3 Å². The Balaban J connectivity index is 3.17. The first-order valence-corrected chi connectivity index (χ1v) is 5.84. The molecule has 0 bridgehead atoms. The van der Waals surface area contributed by atoms with E-state index in [1.807, 2.05) is 0 Å². The summed E-state index contributed by atoms with van der Waals surface area (Å²) in [5.41, 5.74) is 1.02. The Morgan fingerprint density at radius 1 is 1.40 bits per heavy atom. The first-order chi connectivity index (χ1) is 7.07. The molecule has 1 aromatic carbocycles. The second-order valence-electron chi connectivity index (χ2n) is 2.93. The molecule has 0 fully saturated rings. The Morgan fingerprint density at radius 3 is 2.53 bits per heavy atom. The van der Waals surface area contributed by atoms with E-state index < -0.39 is 17.0 Å². The van der Waals surface area contributed by atoms with Gasteiger partial charge < -0.3 is 4.74 Å². The monoisotopic (exact) mass is 227 g/mol. The van der Waals surface area contributed by atoms with E-state index in [1.54, 1.807) is 37.6 Å². The summed E-state index contributed by atoms with van der Waals surface area (Å²) in [6.45, 7) is 0. The number of ether oxygens (including phenoxy) is 1. The summed E-state index contributed by atoms with van der Waals surface area (Å²) in [6, 6.07) is 6.89. The van der Waals surface area contributed by atoms with Gasteiger partial charge in [0.2, 0.25) is 0 Å². The van der Waals surface area contributed by atoms with Gasteiger partial charge in [-0.1, -0.05) is 12.1 Å². The van der Waals surface area contributed by atoms with Gasteiger partial charge >= 0.3 is 5.97 Å². The molecule has 15 heavy (non-hydrogen) atoms. The van der Waals surface area contributed by atoms with E-state index in [9.17, 15) is 9.00 Å². The van der Waals surface area contributed by atoms with Gasteiger partial charge in [0, 0.05) is 13.3 Å². The fourth-order valence-electron chi connectivity index (χ4n) is 1.17. The van der Waals surface area contributed by atoms with Crippen LogP contribution in [0, 0.1) is 0 Å². The molecular formula is C10H13NO3S. The number of esters is 1. The zero-order valence-electron chi connectivity index (χ0n) is 8.89. The molecule has 1 rings (SSSR count). The number of hydrogen-bond donors (Lipinski definition) is 0. The number of methoxy groups -OCH3 is 1. The molecule has 0 saturated carbocycles. The SMILES string of the molecule is COC(=O)c1ccccc1N(C)S(C)=O. The molecule has 0 aliphatic rings. The summed E-state index contributed by atoms with van der Waals surface area (Å²) in [5.74, 6) is -0.428. The lowest BCUT2D eigenvalue weighted by atomic mass is 10.2. The van der Waals surface area contributed by atoms with Crippen LogP contribution in [0.3, 0.4) is 0 Å². The Bertz CT molecular complexity index is 392. The molecule has 0 saturated heterocycles. The minimum absolute atomic E-state index is 0.415. The molecule has 0 radical (unpaired) electrons. The van der Waals surface area contributed by atoms with Gasteiger partial charge in [0.15, 0.2) is 0 Å². The Labute approximate surface area is 91.4 Å². The molecule has 82 valence electrons. The van der Waals surface area contributed by atoms with Crippen molar-refractivity contribution in [2.45, 2.75) is 0 Å². The van der Waals surface area contributed by atoms with Crippen LogP contribution in [-0.2, 0) is 15.7 Å². The third kappa shape index (κ3) is 2.56. The summed E-state index contributed by atoms with van der Waals surface area (Å²) in [5, 5.41) is 0. The number of rotatable bonds is 3. The average Bonchev–Trinajstić information content (AvgIpc) is 2.27. The lowest BCUT2D eigenvalue weighted by molar-refractivity contribution is 0.0601. The maximum atomic E-state index is 11.4. The highest BCUT2D eigenvalue weighted by atomic mass is 32.2. The fraction of sp³-hybridized carbons (Fsp3) is 0.300. The maximum absolute atomic E-state index is 11.4. The van der Waals surface area contributed by atoms with Gasteiger partial charge in [-0.2, -0.15) is 0 Å². The molecule has 1 aromatic rings. The molecular weight excluding hydrogens is 214 g/mol. The number of para-hydroxylation sites is 1. The molecule has 0 N–H and O–H groups in total. The van der Waals surface area contributed by atoms with E-state index in [2.05, 4.69) is 4.74 Å². The van der Waals surface area contributed by atoms with E-state index in [1.165, 1.54) is 11.4 Å². The highest BCUT2D eigenvalue weighted by molar-refractivity contribution is 7.85. The fourth-order valence-corrected chi connectivity index (χ4v) is 1.61. The van der Waals surface area contributed by atoms with Crippen LogP contribution in [0.2, 0.25) is 0 Å². The van der Waals surface area contributed by atoms with E-state index in [-0.39, 0.29) is 0 Å². The number of hydrogen-bond acceptors (Lipinski definition) is 3. The smallest absolute Gasteiger partial charge is 0.340 e. The lowest BCUT2D eigenvalue weighted by Crippen LogP contribution is -2.21. The largest absolute Gasteiger partial charge is 0.465 e. The van der Waals surface area contributed by atoms with Crippen molar-refractivity contribution in [3.63, 3.8) is 0 Å². The minimum Gasteiger partial charge on any atom is -0.465 e. The summed E-state index contributed by atoms with van der Waals surface area (Å²) in [6.07, 6.45) is 1.55. The van der Waals surface area contributed by atoms with Crippen molar-refractivity contribution in [3.8, 4) is 0 Å². The van der Waals surface area contributed by atoms with E-state index in [0.29, 0.717) is 11.3 Å². The van der Waals surface area contributed by atoms with Crippen molar-refractivity contribution in [1.29, 1.82) is 0 Å². The van der Waals surface area contributed by atoms with E-state index >= 15 is 0 Å². The van der Waals surface area contributed by atoms with Gasteiger partial charge in [-0.15, -0.1) is 0 Å². The van der Waals surface area contributed by atoms with Crippen LogP contribution < -0.4 is 4.31 Å². The predicted molar refractivity (Wildman–Crippen MR) is 60.3 cm³/mol. The number of benzene rings is 1. The third-order valence-electron chi connectivity index (χ3n) is 2.03. The summed E-state index contributed by atoms with van der Waals surface area (Å²) in [4.78, 5) is 11.4. The first kappa shape index (κ1) is 11.7. The molecule has 0 aliphatic heterocycles. The molecule has 1 unspecified atom stereocenters. The van der Waals surface area contributed by atoms with Gasteiger partial charge in [-0.05, 0) is 12.1 Å². The van der Waals surface area contributed by atoms with Crippen molar-refractivity contribution >= 4 is 22.6 Å². The van der Waals surface area contributed by atoms with Crippen LogP contribution in [0.4, 0.5) is 5.69 Å². The number of anilines is 1. The van der Waals surface area contributed by atoms with Gasteiger partial charge in [-0.25, -0.2) is 9.00 Å². The van der Waals surface area contributed by atoms with Crippen LogP contribution in [0.1, 0.15) is 10.4 Å². The topological polar surface area (TPSA) is 46.6 Å². The van der Waals surface area contributed by atoms with Gasteiger partial charge in [0.25, 0.3) is 0 Å². The maximum Gasteiger partial charge on any atom is 0.340 e. The molecule has 4 nitrogen and oxygen atoms in total. The number of carbonyl (C=O) groups is 1. The average molecular weight is 227 g/mol. The third-order valence-corrected chi connectivity index (χ3v) is 3.00. The normalized spacial score (nSPS) is 11.9. The van der Waals surface area contributed by atoms with Crippen molar-refractivity contribution in [3.05, 3.63) is 29.8 Å². The van der Waals surface area contributed by atoms with Crippen LogP contribution in [0.25, 0.3) is 0 Å². The minimum atomic E-state index is -1.16. The summed E-state index contributed by atoms with van der Waals surface area (Å²) >= 11 is 0. The van der Waals surface area contributed by atoms with Gasteiger partial charge in [0.1, 0.15) is 11.0 Å². The van der Waals surface area contributed by atoms with E-state index in [0.717, 1.165) is 0 Å². The Kier molecular flexibility index (Phi) is 3.85. The zero-order chi connectivity index (χ0) is 11.4. The van der Waals surface area contributed by atoms with Crippen molar-refractivity contribution in [1.82, 2.24) is 0 Å². The first-order valence-electron chi connectivity index (χ1n) is 4.32. The molecule has 0 amide bonds. The van der Waals surface area contributed by atoms with Crippen LogP contribution in [0.5, 0.6) is 0 Å². The van der Waals surface area contributed by atoms with Crippen molar-refractivity contribution < 1.29 is 13.7 Å². The summed E-state index contributed by atoms with van der Waals surface area (Å²) in [7, 11) is 1.82. The second-order valence-corrected chi connectivity index (χ2v) is 4.33. The molecule has 5 heteroatoms. The number of nitrogens with zero attached hydrogens (tertiary/aromatic N) is 1. The number of carbonyl (C=O) groups excluding carboxylic acids is 1. The Hall–Kier alpha value is -1.36. The van der Waals surface area contributed by atoms with E-state index in [4.69, 9.17) is 0 Å². The highest BCUT2D eigenvalue weighted by Crippen LogP contribution is 2.20. The second kappa shape index (κ2) is 4.93. The molecule has 0 heterocycles. The Morgan fingerprint density at radius 2 is 2.00 bits per heavy atom. The molecule has 0 spiro atoms. The zero-order valence-corrected chi connectivity index (χ0v) is 9.71. The lowest BCUT2D eigenvalue weighted by Gasteiger charge is -2.17. The van der Waals surface area contributed by atoms with Crippen LogP contribution in [-0.4, -0.2) is 30.6 Å². The molecule has 1 atom stereocenters.